The minimum Gasteiger partial charge on any atom is -0.205 e. The van der Waals surface area contributed by atoms with E-state index in [-0.39, 0.29) is 5.82 Å². The van der Waals surface area contributed by atoms with E-state index in [1.807, 2.05) is 42.5 Å². The quantitative estimate of drug-likeness (QED) is 0.216. The molecular formula is C34H41F. The van der Waals surface area contributed by atoms with Crippen molar-refractivity contribution in [3.63, 3.8) is 0 Å². The molecule has 4 rings (SSSR count). The van der Waals surface area contributed by atoms with Crippen molar-refractivity contribution in [2.75, 3.05) is 0 Å². The van der Waals surface area contributed by atoms with Crippen LogP contribution < -0.4 is 0 Å². The highest BCUT2D eigenvalue weighted by atomic mass is 19.1. The van der Waals surface area contributed by atoms with Crippen LogP contribution in [0.1, 0.15) is 99.8 Å². The van der Waals surface area contributed by atoms with E-state index in [1.54, 1.807) is 0 Å². The fraction of sp³-hybridized carbons (Fsp3) is 0.471. The van der Waals surface area contributed by atoms with Crippen LogP contribution in [-0.2, 0) is 6.42 Å². The molecule has 35 heavy (non-hydrogen) atoms. The predicted molar refractivity (Wildman–Crippen MR) is 148 cm³/mol. The highest BCUT2D eigenvalue weighted by Gasteiger charge is 2.20. The van der Waals surface area contributed by atoms with Gasteiger partial charge in [0.1, 0.15) is 5.82 Å². The van der Waals surface area contributed by atoms with E-state index in [1.165, 1.54) is 81.8 Å². The first-order chi connectivity index (χ1) is 17.1. The lowest BCUT2D eigenvalue weighted by Gasteiger charge is -2.28. The van der Waals surface area contributed by atoms with E-state index >= 15 is 4.39 Å². The van der Waals surface area contributed by atoms with Crippen LogP contribution in [-0.4, -0.2) is 0 Å². The van der Waals surface area contributed by atoms with Crippen molar-refractivity contribution < 1.29 is 4.39 Å². The lowest BCUT2D eigenvalue weighted by atomic mass is 9.77. The van der Waals surface area contributed by atoms with Gasteiger partial charge in [-0.3, -0.25) is 0 Å². The molecule has 3 aromatic carbocycles. The highest BCUT2D eigenvalue weighted by molar-refractivity contribution is 5.85. The Labute approximate surface area is 212 Å². The smallest absolute Gasteiger partial charge is 0.146 e. The molecule has 0 heterocycles. The molecule has 0 saturated heterocycles. The van der Waals surface area contributed by atoms with Crippen LogP contribution in [0.4, 0.5) is 4.39 Å². The van der Waals surface area contributed by atoms with Gasteiger partial charge >= 0.3 is 0 Å². The van der Waals surface area contributed by atoms with Gasteiger partial charge in [0, 0.05) is 10.9 Å². The van der Waals surface area contributed by atoms with E-state index in [2.05, 4.69) is 37.8 Å². The SMILES string of the molecule is CCCCCCCC1CCC(CCc2ccc3c(F)c(C#Cc4ccc(C)cc4)ccc3c2)CC1. The standard InChI is InChI=1S/C34H41F/c1-3-4-5-6-7-8-27-13-15-29(16-14-27)17-18-30-20-24-33-32(25-30)23-22-31(34(33)35)21-19-28-11-9-26(2)10-12-28/h9-12,20,22-25,27,29H,3-8,13-18H2,1-2H3. The molecule has 3 aromatic rings. The van der Waals surface area contributed by atoms with Crippen molar-refractivity contribution in [2.45, 2.75) is 90.9 Å². The second kappa shape index (κ2) is 12.9. The van der Waals surface area contributed by atoms with Crippen molar-refractivity contribution in [1.82, 2.24) is 0 Å². The molecule has 1 fully saturated rings. The summed E-state index contributed by atoms with van der Waals surface area (Å²) < 4.78 is 15.1. The molecule has 0 bridgehead atoms. The van der Waals surface area contributed by atoms with Crippen molar-refractivity contribution >= 4 is 10.8 Å². The van der Waals surface area contributed by atoms with E-state index in [4.69, 9.17) is 0 Å². The number of halogens is 1. The lowest BCUT2D eigenvalue weighted by Crippen LogP contribution is -2.15. The Kier molecular flexibility index (Phi) is 9.42. The van der Waals surface area contributed by atoms with Crippen molar-refractivity contribution in [3.8, 4) is 11.8 Å². The van der Waals surface area contributed by atoms with Gasteiger partial charge in [0.05, 0.1) is 5.56 Å². The molecular weight excluding hydrogens is 427 g/mol. The fourth-order valence-electron chi connectivity index (χ4n) is 5.59. The molecule has 0 unspecified atom stereocenters. The van der Waals surface area contributed by atoms with Crippen LogP contribution in [0, 0.1) is 36.4 Å². The number of fused-ring (bicyclic) bond motifs is 1. The molecule has 1 aliphatic rings. The first kappa shape index (κ1) is 25.5. The van der Waals surface area contributed by atoms with Crippen LogP contribution >= 0.6 is 0 Å². The van der Waals surface area contributed by atoms with Crippen LogP contribution in [0.2, 0.25) is 0 Å². The molecule has 0 radical (unpaired) electrons. The third kappa shape index (κ3) is 7.44. The Morgan fingerprint density at radius 3 is 2.23 bits per heavy atom. The molecule has 1 saturated carbocycles. The van der Waals surface area contributed by atoms with Gasteiger partial charge in [-0.15, -0.1) is 0 Å². The van der Waals surface area contributed by atoms with Gasteiger partial charge in [0.15, 0.2) is 0 Å². The first-order valence-electron chi connectivity index (χ1n) is 13.9. The largest absolute Gasteiger partial charge is 0.205 e. The molecule has 1 heteroatoms. The summed E-state index contributed by atoms with van der Waals surface area (Å²) in [5.41, 5.74) is 3.90. The third-order valence-corrected chi connectivity index (χ3v) is 7.94. The van der Waals surface area contributed by atoms with Gasteiger partial charge in [-0.25, -0.2) is 4.39 Å². The normalized spacial score (nSPS) is 17.8. The molecule has 0 N–H and O–H groups in total. The molecule has 184 valence electrons. The van der Waals surface area contributed by atoms with Crippen molar-refractivity contribution in [2.24, 2.45) is 11.8 Å². The first-order valence-corrected chi connectivity index (χ1v) is 13.9. The summed E-state index contributed by atoms with van der Waals surface area (Å²) in [6.45, 7) is 4.34. The summed E-state index contributed by atoms with van der Waals surface area (Å²) >= 11 is 0. The Balaban J connectivity index is 1.29. The zero-order valence-corrected chi connectivity index (χ0v) is 21.7. The second-order valence-corrected chi connectivity index (χ2v) is 10.7. The zero-order valence-electron chi connectivity index (χ0n) is 21.7. The van der Waals surface area contributed by atoms with Gasteiger partial charge in [-0.1, -0.05) is 125 Å². The Morgan fingerprint density at radius 1 is 0.771 bits per heavy atom. The van der Waals surface area contributed by atoms with E-state index in [0.29, 0.717) is 10.9 Å². The van der Waals surface area contributed by atoms with Gasteiger partial charge in [0.25, 0.3) is 0 Å². The Hall–Kier alpha value is -2.59. The summed E-state index contributed by atoms with van der Waals surface area (Å²) in [4.78, 5) is 0. The minimum absolute atomic E-state index is 0.207. The number of hydrogen-bond acceptors (Lipinski definition) is 0. The van der Waals surface area contributed by atoms with Crippen molar-refractivity contribution in [1.29, 1.82) is 0 Å². The van der Waals surface area contributed by atoms with E-state index < -0.39 is 0 Å². The Bertz CT molecular complexity index is 1140. The van der Waals surface area contributed by atoms with Gasteiger partial charge in [-0.05, 0) is 60.7 Å². The van der Waals surface area contributed by atoms with E-state index in [9.17, 15) is 0 Å². The molecule has 0 amide bonds. The average Bonchev–Trinajstić information content (AvgIpc) is 2.88. The number of rotatable bonds is 9. The highest BCUT2D eigenvalue weighted by Crippen LogP contribution is 2.34. The topological polar surface area (TPSA) is 0 Å². The minimum atomic E-state index is -0.207. The van der Waals surface area contributed by atoms with Gasteiger partial charge < -0.3 is 0 Å². The van der Waals surface area contributed by atoms with Crippen LogP contribution in [0.3, 0.4) is 0 Å². The summed E-state index contributed by atoms with van der Waals surface area (Å²) in [6, 6.07) is 18.1. The number of hydrogen-bond donors (Lipinski definition) is 0. The zero-order chi connectivity index (χ0) is 24.5. The van der Waals surface area contributed by atoms with E-state index in [0.717, 1.165) is 29.2 Å². The maximum absolute atomic E-state index is 15.1. The Morgan fingerprint density at radius 2 is 1.49 bits per heavy atom. The maximum Gasteiger partial charge on any atom is 0.146 e. The van der Waals surface area contributed by atoms with Crippen LogP contribution in [0.25, 0.3) is 10.8 Å². The van der Waals surface area contributed by atoms with Crippen LogP contribution in [0.5, 0.6) is 0 Å². The summed E-state index contributed by atoms with van der Waals surface area (Å²) in [5, 5.41) is 1.65. The molecule has 1 aliphatic carbocycles. The summed E-state index contributed by atoms with van der Waals surface area (Å²) in [5.74, 6) is 7.74. The average molecular weight is 469 g/mol. The molecule has 0 aliphatic heterocycles. The lowest BCUT2D eigenvalue weighted by molar-refractivity contribution is 0.249. The maximum atomic E-state index is 15.1. The van der Waals surface area contributed by atoms with Crippen molar-refractivity contribution in [3.05, 3.63) is 82.7 Å². The predicted octanol–water partition coefficient (Wildman–Crippen LogP) is 9.79. The van der Waals surface area contributed by atoms with Gasteiger partial charge in [-0.2, -0.15) is 0 Å². The number of benzene rings is 3. The molecule has 0 atom stereocenters. The second-order valence-electron chi connectivity index (χ2n) is 10.7. The summed E-state index contributed by atoms with van der Waals surface area (Å²) in [6.07, 6.45) is 16.5. The number of unbranched alkanes of at least 4 members (excludes halogenated alkanes) is 4. The summed E-state index contributed by atoms with van der Waals surface area (Å²) in [7, 11) is 0. The monoisotopic (exact) mass is 468 g/mol. The molecule has 0 spiro atoms. The molecule has 0 nitrogen and oxygen atoms in total. The molecule has 0 aromatic heterocycles. The fourth-order valence-corrected chi connectivity index (χ4v) is 5.59. The number of aryl methyl sites for hydroxylation is 2. The third-order valence-electron chi connectivity index (χ3n) is 7.94. The van der Waals surface area contributed by atoms with Crippen LogP contribution in [0.15, 0.2) is 54.6 Å². The van der Waals surface area contributed by atoms with Gasteiger partial charge in [0.2, 0.25) is 0 Å².